The SMILES string of the molecule is COCCCOc1cncc(SCc2ccccc2)c1. The van der Waals surface area contributed by atoms with Gasteiger partial charge in [-0.05, 0) is 11.6 Å². The minimum absolute atomic E-state index is 0.655. The molecule has 0 fully saturated rings. The maximum absolute atomic E-state index is 5.64. The molecule has 0 N–H and O–H groups in total. The first kappa shape index (κ1) is 14.9. The van der Waals surface area contributed by atoms with Gasteiger partial charge in [-0.25, -0.2) is 0 Å². The Bertz CT molecular complexity index is 505. The minimum atomic E-state index is 0.655. The molecule has 0 aliphatic heterocycles. The van der Waals surface area contributed by atoms with Gasteiger partial charge < -0.3 is 9.47 Å². The fourth-order valence-electron chi connectivity index (χ4n) is 1.69. The molecule has 0 aliphatic rings. The van der Waals surface area contributed by atoms with Gasteiger partial charge in [-0.1, -0.05) is 30.3 Å². The Balaban J connectivity index is 1.83. The molecule has 0 amide bonds. The Labute approximate surface area is 124 Å². The Morgan fingerprint density at radius 2 is 1.95 bits per heavy atom. The first-order valence-electron chi connectivity index (χ1n) is 6.62. The lowest BCUT2D eigenvalue weighted by Crippen LogP contribution is -2.01. The Morgan fingerprint density at radius 1 is 1.10 bits per heavy atom. The molecule has 1 aromatic carbocycles. The average Bonchev–Trinajstić information content (AvgIpc) is 2.51. The van der Waals surface area contributed by atoms with Crippen LogP contribution in [0.2, 0.25) is 0 Å². The number of benzene rings is 1. The van der Waals surface area contributed by atoms with E-state index in [9.17, 15) is 0 Å². The quantitative estimate of drug-likeness (QED) is 0.546. The van der Waals surface area contributed by atoms with E-state index in [2.05, 4.69) is 29.2 Å². The van der Waals surface area contributed by atoms with Crippen LogP contribution in [0.1, 0.15) is 12.0 Å². The minimum Gasteiger partial charge on any atom is -0.492 e. The van der Waals surface area contributed by atoms with Crippen molar-refractivity contribution < 1.29 is 9.47 Å². The molecule has 2 rings (SSSR count). The number of hydrogen-bond acceptors (Lipinski definition) is 4. The monoisotopic (exact) mass is 289 g/mol. The third-order valence-electron chi connectivity index (χ3n) is 2.70. The molecule has 0 bridgehead atoms. The number of ether oxygens (including phenoxy) is 2. The molecular formula is C16H19NO2S. The number of aromatic nitrogens is 1. The van der Waals surface area contributed by atoms with Crippen LogP contribution in [0.25, 0.3) is 0 Å². The highest BCUT2D eigenvalue weighted by Gasteiger charge is 2.00. The zero-order valence-corrected chi connectivity index (χ0v) is 12.4. The summed E-state index contributed by atoms with van der Waals surface area (Å²) in [6.45, 7) is 1.37. The molecule has 0 atom stereocenters. The zero-order chi connectivity index (χ0) is 14.0. The predicted molar refractivity (Wildman–Crippen MR) is 82.2 cm³/mol. The number of hydrogen-bond donors (Lipinski definition) is 0. The molecule has 1 heterocycles. The highest BCUT2D eigenvalue weighted by molar-refractivity contribution is 7.98. The molecule has 4 heteroatoms. The van der Waals surface area contributed by atoms with Crippen molar-refractivity contribution in [2.45, 2.75) is 17.1 Å². The van der Waals surface area contributed by atoms with E-state index in [0.29, 0.717) is 6.61 Å². The van der Waals surface area contributed by atoms with Gasteiger partial charge in [0.15, 0.2) is 0 Å². The summed E-state index contributed by atoms with van der Waals surface area (Å²) < 4.78 is 10.6. The van der Waals surface area contributed by atoms with Crippen LogP contribution in [0.4, 0.5) is 0 Å². The van der Waals surface area contributed by atoms with Crippen molar-refractivity contribution in [3.05, 3.63) is 54.4 Å². The van der Waals surface area contributed by atoms with Crippen molar-refractivity contribution in [1.82, 2.24) is 4.98 Å². The van der Waals surface area contributed by atoms with Crippen molar-refractivity contribution in [1.29, 1.82) is 0 Å². The van der Waals surface area contributed by atoms with E-state index in [1.807, 2.05) is 18.3 Å². The summed E-state index contributed by atoms with van der Waals surface area (Å²) in [5.41, 5.74) is 1.31. The molecule has 0 radical (unpaired) electrons. The standard InChI is InChI=1S/C16H19NO2S/c1-18-8-5-9-19-15-10-16(12-17-11-15)20-13-14-6-3-2-4-7-14/h2-4,6-7,10-12H,5,8-9,13H2,1H3. The fraction of sp³-hybridized carbons (Fsp3) is 0.312. The molecule has 0 saturated carbocycles. The Kier molecular flexibility index (Phi) is 6.41. The zero-order valence-electron chi connectivity index (χ0n) is 11.6. The third kappa shape index (κ3) is 5.23. The highest BCUT2D eigenvalue weighted by atomic mass is 32.2. The van der Waals surface area contributed by atoms with Crippen molar-refractivity contribution in [3.63, 3.8) is 0 Å². The van der Waals surface area contributed by atoms with Crippen LogP contribution < -0.4 is 4.74 Å². The van der Waals surface area contributed by atoms with Crippen molar-refractivity contribution in [2.75, 3.05) is 20.3 Å². The number of rotatable bonds is 8. The molecular weight excluding hydrogens is 270 g/mol. The lowest BCUT2D eigenvalue weighted by atomic mass is 10.2. The molecule has 0 spiro atoms. The van der Waals surface area contributed by atoms with E-state index in [-0.39, 0.29) is 0 Å². The molecule has 106 valence electrons. The van der Waals surface area contributed by atoms with Crippen molar-refractivity contribution in [2.24, 2.45) is 0 Å². The highest BCUT2D eigenvalue weighted by Crippen LogP contribution is 2.25. The molecule has 0 unspecified atom stereocenters. The van der Waals surface area contributed by atoms with Gasteiger partial charge in [0, 0.05) is 37.0 Å². The van der Waals surface area contributed by atoms with E-state index in [1.54, 1.807) is 25.1 Å². The van der Waals surface area contributed by atoms with Gasteiger partial charge in [0.05, 0.1) is 12.8 Å². The normalized spacial score (nSPS) is 10.4. The second-order valence-corrected chi connectivity index (χ2v) is 5.37. The van der Waals surface area contributed by atoms with Gasteiger partial charge in [0.1, 0.15) is 5.75 Å². The summed E-state index contributed by atoms with van der Waals surface area (Å²) in [4.78, 5) is 5.34. The average molecular weight is 289 g/mol. The van der Waals surface area contributed by atoms with Crippen LogP contribution in [0.3, 0.4) is 0 Å². The van der Waals surface area contributed by atoms with Gasteiger partial charge in [-0.15, -0.1) is 11.8 Å². The maximum atomic E-state index is 5.64. The smallest absolute Gasteiger partial charge is 0.138 e. The van der Waals surface area contributed by atoms with Crippen LogP contribution in [0, 0.1) is 0 Å². The lowest BCUT2D eigenvalue weighted by molar-refractivity contribution is 0.172. The van der Waals surface area contributed by atoms with Crippen LogP contribution in [0.5, 0.6) is 5.75 Å². The molecule has 20 heavy (non-hydrogen) atoms. The van der Waals surface area contributed by atoms with Gasteiger partial charge in [-0.2, -0.15) is 0 Å². The number of thioether (sulfide) groups is 1. The fourth-order valence-corrected chi connectivity index (χ4v) is 2.55. The topological polar surface area (TPSA) is 31.4 Å². The van der Waals surface area contributed by atoms with E-state index < -0.39 is 0 Å². The summed E-state index contributed by atoms with van der Waals surface area (Å²) in [5, 5.41) is 0. The number of pyridine rings is 1. The molecule has 0 saturated heterocycles. The molecule has 0 aliphatic carbocycles. The van der Waals surface area contributed by atoms with Crippen LogP contribution in [-0.4, -0.2) is 25.3 Å². The van der Waals surface area contributed by atoms with Gasteiger partial charge in [0.25, 0.3) is 0 Å². The van der Waals surface area contributed by atoms with Crippen molar-refractivity contribution in [3.8, 4) is 5.75 Å². The molecule has 1 aromatic heterocycles. The predicted octanol–water partition coefficient (Wildman–Crippen LogP) is 3.79. The maximum Gasteiger partial charge on any atom is 0.138 e. The van der Waals surface area contributed by atoms with Crippen LogP contribution >= 0.6 is 11.8 Å². The van der Waals surface area contributed by atoms with Crippen molar-refractivity contribution >= 4 is 11.8 Å². The van der Waals surface area contributed by atoms with Gasteiger partial charge >= 0.3 is 0 Å². The summed E-state index contributed by atoms with van der Waals surface area (Å²) in [6, 6.07) is 12.4. The Morgan fingerprint density at radius 3 is 2.75 bits per heavy atom. The second kappa shape index (κ2) is 8.61. The molecule has 2 aromatic rings. The number of nitrogens with zero attached hydrogens (tertiary/aromatic N) is 1. The first-order valence-corrected chi connectivity index (χ1v) is 7.60. The van der Waals surface area contributed by atoms with Crippen LogP contribution in [-0.2, 0) is 10.5 Å². The van der Waals surface area contributed by atoms with E-state index >= 15 is 0 Å². The summed E-state index contributed by atoms with van der Waals surface area (Å²) >= 11 is 1.76. The third-order valence-corrected chi connectivity index (χ3v) is 3.73. The van der Waals surface area contributed by atoms with Gasteiger partial charge in [-0.3, -0.25) is 4.98 Å². The second-order valence-electron chi connectivity index (χ2n) is 4.33. The van der Waals surface area contributed by atoms with Gasteiger partial charge in [0.2, 0.25) is 0 Å². The Hall–Kier alpha value is -1.52. The summed E-state index contributed by atoms with van der Waals surface area (Å²) in [6.07, 6.45) is 4.51. The van der Waals surface area contributed by atoms with E-state index in [4.69, 9.17) is 9.47 Å². The van der Waals surface area contributed by atoms with E-state index in [1.165, 1.54) is 5.56 Å². The number of methoxy groups -OCH3 is 1. The lowest BCUT2D eigenvalue weighted by Gasteiger charge is -2.07. The first-order chi connectivity index (χ1) is 9.88. The van der Waals surface area contributed by atoms with E-state index in [0.717, 1.165) is 29.4 Å². The summed E-state index contributed by atoms with van der Waals surface area (Å²) in [7, 11) is 1.70. The summed E-state index contributed by atoms with van der Waals surface area (Å²) in [5.74, 6) is 1.76. The molecule has 3 nitrogen and oxygen atoms in total. The van der Waals surface area contributed by atoms with Crippen LogP contribution in [0.15, 0.2) is 53.7 Å². The largest absolute Gasteiger partial charge is 0.492 e.